The lowest BCUT2D eigenvalue weighted by Crippen LogP contribution is -2.18. The molecule has 0 spiro atoms. The minimum absolute atomic E-state index is 0.0691. The Kier molecular flexibility index (Phi) is 3.97. The van der Waals surface area contributed by atoms with Crippen molar-refractivity contribution in [1.29, 1.82) is 0 Å². The first kappa shape index (κ1) is 13.3. The number of rotatable bonds is 5. The van der Waals surface area contributed by atoms with E-state index in [2.05, 4.69) is 36.5 Å². The molecule has 0 saturated heterocycles. The van der Waals surface area contributed by atoms with Crippen LogP contribution in [0.1, 0.15) is 40.3 Å². The number of aryl methyl sites for hydroxylation is 1. The van der Waals surface area contributed by atoms with Gasteiger partial charge in [-0.1, -0.05) is 29.4 Å². The monoisotopic (exact) mass is 260 g/mol. The molecule has 0 aliphatic carbocycles. The summed E-state index contributed by atoms with van der Waals surface area (Å²) in [5, 5.41) is 15.5. The third kappa shape index (κ3) is 3.20. The fourth-order valence-electron chi connectivity index (χ4n) is 1.93. The van der Waals surface area contributed by atoms with E-state index >= 15 is 0 Å². The lowest BCUT2D eigenvalue weighted by molar-refractivity contribution is 0.0685. The average Bonchev–Trinajstić information content (AvgIpc) is 2.85. The number of aromatic carboxylic acids is 1. The molecule has 0 aliphatic heterocycles. The Bertz CT molecular complexity index is 578. The van der Waals surface area contributed by atoms with Crippen LogP contribution in [0.4, 0.5) is 0 Å². The van der Waals surface area contributed by atoms with Gasteiger partial charge >= 0.3 is 5.97 Å². The number of benzene rings is 1. The van der Waals surface area contributed by atoms with Gasteiger partial charge in [-0.3, -0.25) is 0 Å². The number of carboxylic acid groups (broad SMARTS) is 1. The second-order valence-electron chi connectivity index (χ2n) is 4.44. The molecule has 2 aromatic rings. The maximum absolute atomic E-state index is 10.7. The fourth-order valence-corrected chi connectivity index (χ4v) is 1.93. The van der Waals surface area contributed by atoms with Crippen molar-refractivity contribution in [2.24, 2.45) is 0 Å². The molecule has 2 rings (SSSR count). The molecular weight excluding hydrogens is 244 g/mol. The second kappa shape index (κ2) is 5.67. The van der Waals surface area contributed by atoms with E-state index in [1.807, 2.05) is 12.1 Å². The Morgan fingerprint density at radius 3 is 2.84 bits per heavy atom. The highest BCUT2D eigenvalue weighted by Gasteiger charge is 2.12. The Hall–Kier alpha value is -2.14. The first-order valence-electron chi connectivity index (χ1n) is 6.05. The van der Waals surface area contributed by atoms with E-state index in [1.54, 1.807) is 0 Å². The van der Waals surface area contributed by atoms with Crippen molar-refractivity contribution < 1.29 is 14.4 Å². The standard InChI is InChI=1S/C14H16N2O3/c1-9-5-3-4-6-12(9)10(2)15-8-11-7-13(14(17)18)16-19-11/h3-7,10,15H,8H2,1-2H3,(H,17,18)/t10-/m0/s1. The molecule has 0 amide bonds. The molecule has 0 unspecified atom stereocenters. The molecule has 5 nitrogen and oxygen atoms in total. The van der Waals surface area contributed by atoms with E-state index in [4.69, 9.17) is 9.63 Å². The van der Waals surface area contributed by atoms with E-state index in [0.29, 0.717) is 12.3 Å². The molecule has 1 heterocycles. The highest BCUT2D eigenvalue weighted by atomic mass is 16.5. The topological polar surface area (TPSA) is 75.4 Å². The number of hydrogen-bond donors (Lipinski definition) is 2. The predicted molar refractivity (Wildman–Crippen MR) is 69.9 cm³/mol. The van der Waals surface area contributed by atoms with Gasteiger partial charge in [-0.15, -0.1) is 0 Å². The van der Waals surface area contributed by atoms with Crippen molar-refractivity contribution in [3.63, 3.8) is 0 Å². The van der Waals surface area contributed by atoms with E-state index < -0.39 is 5.97 Å². The molecule has 2 N–H and O–H groups in total. The maximum Gasteiger partial charge on any atom is 0.358 e. The van der Waals surface area contributed by atoms with Gasteiger partial charge in [0.15, 0.2) is 11.5 Å². The molecule has 1 aromatic heterocycles. The summed E-state index contributed by atoms with van der Waals surface area (Å²) in [7, 11) is 0. The van der Waals surface area contributed by atoms with Crippen molar-refractivity contribution in [2.45, 2.75) is 26.4 Å². The molecule has 5 heteroatoms. The van der Waals surface area contributed by atoms with E-state index in [9.17, 15) is 4.79 Å². The van der Waals surface area contributed by atoms with E-state index in [0.717, 1.165) is 0 Å². The van der Waals surface area contributed by atoms with Crippen LogP contribution in [0.25, 0.3) is 0 Å². The number of aromatic nitrogens is 1. The Morgan fingerprint density at radius 1 is 1.47 bits per heavy atom. The summed E-state index contributed by atoms with van der Waals surface area (Å²) >= 11 is 0. The van der Waals surface area contributed by atoms with Gasteiger partial charge in [0.2, 0.25) is 0 Å². The molecule has 100 valence electrons. The maximum atomic E-state index is 10.7. The highest BCUT2D eigenvalue weighted by molar-refractivity contribution is 5.85. The van der Waals surface area contributed by atoms with Gasteiger partial charge in [0.05, 0.1) is 6.54 Å². The van der Waals surface area contributed by atoms with Crippen LogP contribution in [0.15, 0.2) is 34.9 Å². The van der Waals surface area contributed by atoms with Gasteiger partial charge in [-0.2, -0.15) is 0 Å². The van der Waals surface area contributed by atoms with Crippen LogP contribution >= 0.6 is 0 Å². The highest BCUT2D eigenvalue weighted by Crippen LogP contribution is 2.17. The molecule has 0 radical (unpaired) electrons. The molecule has 19 heavy (non-hydrogen) atoms. The zero-order valence-electron chi connectivity index (χ0n) is 10.9. The lowest BCUT2D eigenvalue weighted by atomic mass is 10.0. The molecule has 0 fully saturated rings. The van der Waals surface area contributed by atoms with Crippen LogP contribution in [0.3, 0.4) is 0 Å². The zero-order valence-corrected chi connectivity index (χ0v) is 10.9. The SMILES string of the molecule is Cc1ccccc1[C@H](C)NCc1cc(C(=O)O)no1. The third-order valence-corrected chi connectivity index (χ3v) is 3.02. The van der Waals surface area contributed by atoms with Gasteiger partial charge in [0, 0.05) is 12.1 Å². The average molecular weight is 260 g/mol. The first-order valence-corrected chi connectivity index (χ1v) is 6.05. The fraction of sp³-hybridized carbons (Fsp3) is 0.286. The number of hydrogen-bond acceptors (Lipinski definition) is 4. The van der Waals surface area contributed by atoms with Crippen molar-refractivity contribution in [2.75, 3.05) is 0 Å². The zero-order chi connectivity index (χ0) is 13.8. The first-order chi connectivity index (χ1) is 9.08. The molecule has 0 bridgehead atoms. The van der Waals surface area contributed by atoms with Crippen LogP contribution in [0.5, 0.6) is 0 Å². The summed E-state index contributed by atoms with van der Waals surface area (Å²) < 4.78 is 4.95. The summed E-state index contributed by atoms with van der Waals surface area (Å²) in [5.41, 5.74) is 2.35. The third-order valence-electron chi connectivity index (χ3n) is 3.02. The van der Waals surface area contributed by atoms with Crippen molar-refractivity contribution in [1.82, 2.24) is 10.5 Å². The van der Waals surface area contributed by atoms with Gasteiger partial charge in [-0.05, 0) is 25.0 Å². The predicted octanol–water partition coefficient (Wildman–Crippen LogP) is 2.53. The molecule has 1 atom stereocenters. The lowest BCUT2D eigenvalue weighted by Gasteiger charge is -2.15. The molecular formula is C14H16N2O3. The summed E-state index contributed by atoms with van der Waals surface area (Å²) in [6, 6.07) is 9.71. The smallest absolute Gasteiger partial charge is 0.358 e. The number of nitrogens with one attached hydrogen (secondary N) is 1. The van der Waals surface area contributed by atoms with Crippen molar-refractivity contribution in [3.8, 4) is 0 Å². The summed E-state index contributed by atoms with van der Waals surface area (Å²) in [6.45, 7) is 4.55. The van der Waals surface area contributed by atoms with Crippen molar-refractivity contribution in [3.05, 3.63) is 52.9 Å². The van der Waals surface area contributed by atoms with Crippen LogP contribution in [0.2, 0.25) is 0 Å². The van der Waals surface area contributed by atoms with Crippen LogP contribution in [-0.4, -0.2) is 16.2 Å². The minimum Gasteiger partial charge on any atom is -0.476 e. The molecule has 0 saturated carbocycles. The van der Waals surface area contributed by atoms with E-state index in [-0.39, 0.29) is 11.7 Å². The van der Waals surface area contributed by atoms with Gasteiger partial charge in [-0.25, -0.2) is 4.79 Å². The second-order valence-corrected chi connectivity index (χ2v) is 4.44. The van der Waals surface area contributed by atoms with Crippen molar-refractivity contribution >= 4 is 5.97 Å². The summed E-state index contributed by atoms with van der Waals surface area (Å²) in [6.07, 6.45) is 0. The minimum atomic E-state index is -1.08. The number of carbonyl (C=O) groups is 1. The van der Waals surface area contributed by atoms with Crippen LogP contribution in [0, 0.1) is 6.92 Å². The van der Waals surface area contributed by atoms with Gasteiger partial charge < -0.3 is 14.9 Å². The quantitative estimate of drug-likeness (QED) is 0.864. The molecule has 1 aromatic carbocycles. The largest absolute Gasteiger partial charge is 0.476 e. The number of nitrogens with zero attached hydrogens (tertiary/aromatic N) is 1. The summed E-state index contributed by atoms with van der Waals surface area (Å²) in [5.74, 6) is -0.570. The summed E-state index contributed by atoms with van der Waals surface area (Å²) in [4.78, 5) is 10.7. The Labute approximate surface area is 111 Å². The van der Waals surface area contributed by atoms with Gasteiger partial charge in [0.25, 0.3) is 0 Å². The normalized spacial score (nSPS) is 12.3. The Morgan fingerprint density at radius 2 is 2.21 bits per heavy atom. The van der Waals surface area contributed by atoms with Crippen LogP contribution in [-0.2, 0) is 6.54 Å². The number of carboxylic acids is 1. The van der Waals surface area contributed by atoms with Gasteiger partial charge in [0.1, 0.15) is 0 Å². The molecule has 0 aliphatic rings. The van der Waals surface area contributed by atoms with E-state index in [1.165, 1.54) is 17.2 Å². The Balaban J connectivity index is 1.98. The van der Waals surface area contributed by atoms with Crippen LogP contribution < -0.4 is 5.32 Å².